The van der Waals surface area contributed by atoms with Crippen LogP contribution >= 0.6 is 0 Å². The summed E-state index contributed by atoms with van der Waals surface area (Å²) in [5.74, 6) is 0.116. The van der Waals surface area contributed by atoms with E-state index in [9.17, 15) is 4.79 Å². The van der Waals surface area contributed by atoms with Gasteiger partial charge in [0.2, 0.25) is 5.88 Å². The highest BCUT2D eigenvalue weighted by atomic mass is 16.5. The Morgan fingerprint density at radius 1 is 1.27 bits per heavy atom. The molecule has 2 aromatic rings. The van der Waals surface area contributed by atoms with Crippen LogP contribution < -0.4 is 10.1 Å². The molecule has 0 unspecified atom stereocenters. The predicted molar refractivity (Wildman–Crippen MR) is 94.9 cm³/mol. The van der Waals surface area contributed by atoms with Crippen molar-refractivity contribution in [1.29, 1.82) is 0 Å². The Morgan fingerprint density at radius 3 is 2.96 bits per heavy atom. The molecule has 0 aromatic carbocycles. The molecule has 0 saturated carbocycles. The van der Waals surface area contributed by atoms with Gasteiger partial charge in [-0.15, -0.1) is 0 Å². The fourth-order valence-electron chi connectivity index (χ4n) is 2.78. The number of hydrogen-bond acceptors (Lipinski definition) is 6. The monoisotopic (exact) mass is 357 g/mol. The van der Waals surface area contributed by atoms with Crippen molar-refractivity contribution in [2.24, 2.45) is 0 Å². The van der Waals surface area contributed by atoms with Gasteiger partial charge in [0.1, 0.15) is 11.7 Å². The molecule has 1 N–H and O–H groups in total. The Bertz CT molecular complexity index is 711. The molecule has 0 radical (unpaired) electrons. The molecule has 3 rings (SSSR count). The molecule has 1 aliphatic heterocycles. The number of carbonyl (C=O) groups is 1. The molecular formula is C19H23N3O4. The van der Waals surface area contributed by atoms with E-state index < -0.39 is 0 Å². The summed E-state index contributed by atoms with van der Waals surface area (Å²) >= 11 is 0. The molecule has 1 fully saturated rings. The zero-order chi connectivity index (χ0) is 18.2. The lowest BCUT2D eigenvalue weighted by molar-refractivity contribution is -0.0743. The first-order chi connectivity index (χ1) is 12.8. The van der Waals surface area contributed by atoms with E-state index in [0.29, 0.717) is 44.3 Å². The third-order valence-corrected chi connectivity index (χ3v) is 4.09. The van der Waals surface area contributed by atoms with Gasteiger partial charge < -0.3 is 19.5 Å². The van der Waals surface area contributed by atoms with Crippen molar-refractivity contribution in [3.05, 3.63) is 54.0 Å². The average molecular weight is 357 g/mol. The maximum absolute atomic E-state index is 12.7. The number of nitrogens with one attached hydrogen (secondary N) is 1. The average Bonchev–Trinajstić information content (AvgIpc) is 2.69. The summed E-state index contributed by atoms with van der Waals surface area (Å²) in [6, 6.07) is 8.96. The minimum atomic E-state index is -0.234. The Kier molecular flexibility index (Phi) is 6.51. The summed E-state index contributed by atoms with van der Waals surface area (Å²) < 4.78 is 16.9. The summed E-state index contributed by atoms with van der Waals surface area (Å²) in [4.78, 5) is 21.1. The molecule has 2 atom stereocenters. The first kappa shape index (κ1) is 18.3. The van der Waals surface area contributed by atoms with Crippen LogP contribution in [0.3, 0.4) is 0 Å². The fourth-order valence-corrected chi connectivity index (χ4v) is 2.78. The second-order valence-corrected chi connectivity index (χ2v) is 5.90. The van der Waals surface area contributed by atoms with E-state index in [1.807, 2.05) is 25.1 Å². The minimum absolute atomic E-state index is 0.144. The molecule has 0 bridgehead atoms. The van der Waals surface area contributed by atoms with E-state index in [-0.39, 0.29) is 18.1 Å². The number of ether oxygens (including phenoxy) is 3. The highest BCUT2D eigenvalue weighted by molar-refractivity contribution is 5.96. The number of carbonyl (C=O) groups excluding carboxylic acids is 1. The summed E-state index contributed by atoms with van der Waals surface area (Å²) in [5, 5.41) is 3.04. The lowest BCUT2D eigenvalue weighted by Gasteiger charge is -2.32. The first-order valence-corrected chi connectivity index (χ1v) is 8.76. The van der Waals surface area contributed by atoms with Crippen LogP contribution in [-0.4, -0.2) is 47.8 Å². The highest BCUT2D eigenvalue weighted by Crippen LogP contribution is 2.17. The van der Waals surface area contributed by atoms with Crippen LogP contribution in [0.25, 0.3) is 0 Å². The number of hydrogen-bond donors (Lipinski definition) is 1. The zero-order valence-corrected chi connectivity index (χ0v) is 14.8. The molecule has 7 nitrogen and oxygen atoms in total. The fraction of sp³-hybridized carbons (Fsp3) is 0.421. The third kappa shape index (κ3) is 4.77. The van der Waals surface area contributed by atoms with Crippen LogP contribution in [0, 0.1) is 0 Å². The van der Waals surface area contributed by atoms with Crippen LogP contribution in [0.15, 0.2) is 42.7 Å². The molecule has 3 heterocycles. The maximum atomic E-state index is 12.7. The molecule has 0 aliphatic carbocycles. The van der Waals surface area contributed by atoms with E-state index in [2.05, 4.69) is 15.3 Å². The molecule has 1 amide bonds. The third-order valence-electron chi connectivity index (χ3n) is 4.09. The predicted octanol–water partition coefficient (Wildman–Crippen LogP) is 1.98. The van der Waals surface area contributed by atoms with Gasteiger partial charge in [-0.05, 0) is 37.6 Å². The van der Waals surface area contributed by atoms with Crippen molar-refractivity contribution in [3.63, 3.8) is 0 Å². The second kappa shape index (κ2) is 9.26. The van der Waals surface area contributed by atoms with Crippen molar-refractivity contribution in [2.45, 2.75) is 32.1 Å². The smallest absolute Gasteiger partial charge is 0.257 e. The number of rotatable bonds is 7. The van der Waals surface area contributed by atoms with Crippen LogP contribution in [0.2, 0.25) is 0 Å². The topological polar surface area (TPSA) is 82.6 Å². The van der Waals surface area contributed by atoms with Gasteiger partial charge in [0.25, 0.3) is 5.91 Å². The molecule has 138 valence electrons. The SMILES string of the molecule is CCOc1ncccc1C(=O)N[C@@H]1CCOC[C@H]1OCc1ccccn1. The Hall–Kier alpha value is -2.51. The van der Waals surface area contributed by atoms with Gasteiger partial charge in [0, 0.05) is 19.0 Å². The second-order valence-electron chi connectivity index (χ2n) is 5.90. The molecular weight excluding hydrogens is 334 g/mol. The van der Waals surface area contributed by atoms with Crippen molar-refractivity contribution >= 4 is 5.91 Å². The molecule has 7 heteroatoms. The van der Waals surface area contributed by atoms with Gasteiger partial charge in [-0.2, -0.15) is 0 Å². The number of nitrogens with zero attached hydrogens (tertiary/aromatic N) is 2. The number of pyridine rings is 2. The highest BCUT2D eigenvalue weighted by Gasteiger charge is 2.29. The Labute approximate surface area is 152 Å². The van der Waals surface area contributed by atoms with Crippen LogP contribution in [0.1, 0.15) is 29.4 Å². The molecule has 26 heavy (non-hydrogen) atoms. The van der Waals surface area contributed by atoms with Crippen LogP contribution in [-0.2, 0) is 16.1 Å². The standard InChI is InChI=1S/C19H23N3O4/c1-2-25-19-15(7-5-10-21-19)18(23)22-16-8-11-24-13-17(16)26-12-14-6-3-4-9-20-14/h3-7,9-10,16-17H,2,8,11-13H2,1H3,(H,22,23)/t16-,17-/m1/s1. The maximum Gasteiger partial charge on any atom is 0.257 e. The summed E-state index contributed by atoms with van der Waals surface area (Å²) in [6.45, 7) is 3.70. The van der Waals surface area contributed by atoms with Gasteiger partial charge in [-0.3, -0.25) is 9.78 Å². The van der Waals surface area contributed by atoms with E-state index >= 15 is 0 Å². The lowest BCUT2D eigenvalue weighted by atomic mass is 10.1. The quantitative estimate of drug-likeness (QED) is 0.816. The van der Waals surface area contributed by atoms with Crippen molar-refractivity contribution < 1.29 is 19.0 Å². The molecule has 2 aromatic heterocycles. The number of amides is 1. The first-order valence-electron chi connectivity index (χ1n) is 8.76. The normalized spacial score (nSPS) is 19.7. The lowest BCUT2D eigenvalue weighted by Crippen LogP contribution is -2.50. The Balaban J connectivity index is 1.63. The van der Waals surface area contributed by atoms with E-state index in [1.54, 1.807) is 24.5 Å². The number of aromatic nitrogens is 2. The summed E-state index contributed by atoms with van der Waals surface area (Å²) in [6.07, 6.45) is 3.78. The Morgan fingerprint density at radius 2 is 2.15 bits per heavy atom. The van der Waals surface area contributed by atoms with Crippen molar-refractivity contribution in [2.75, 3.05) is 19.8 Å². The molecule has 0 spiro atoms. The van der Waals surface area contributed by atoms with Gasteiger partial charge in [-0.1, -0.05) is 6.07 Å². The van der Waals surface area contributed by atoms with Gasteiger partial charge >= 0.3 is 0 Å². The van der Waals surface area contributed by atoms with E-state index in [1.165, 1.54) is 0 Å². The molecule has 1 saturated heterocycles. The summed E-state index contributed by atoms with van der Waals surface area (Å²) in [5.41, 5.74) is 1.26. The molecule has 1 aliphatic rings. The summed E-state index contributed by atoms with van der Waals surface area (Å²) in [7, 11) is 0. The van der Waals surface area contributed by atoms with Crippen LogP contribution in [0.5, 0.6) is 5.88 Å². The minimum Gasteiger partial charge on any atom is -0.477 e. The van der Waals surface area contributed by atoms with Crippen molar-refractivity contribution in [1.82, 2.24) is 15.3 Å². The zero-order valence-electron chi connectivity index (χ0n) is 14.8. The van der Waals surface area contributed by atoms with Gasteiger partial charge in [0.15, 0.2) is 0 Å². The largest absolute Gasteiger partial charge is 0.477 e. The van der Waals surface area contributed by atoms with Gasteiger partial charge in [0.05, 0.1) is 31.6 Å². The van der Waals surface area contributed by atoms with E-state index in [4.69, 9.17) is 14.2 Å². The van der Waals surface area contributed by atoms with E-state index in [0.717, 1.165) is 5.69 Å². The van der Waals surface area contributed by atoms with Crippen LogP contribution in [0.4, 0.5) is 0 Å². The van der Waals surface area contributed by atoms with Gasteiger partial charge in [-0.25, -0.2) is 4.98 Å². The van der Waals surface area contributed by atoms with Crippen molar-refractivity contribution in [3.8, 4) is 5.88 Å².